The number of quaternary nitrogens is 1. The Labute approximate surface area is 73.6 Å². The molecule has 0 aliphatic carbocycles. The Hall–Kier alpha value is -0.610. The van der Waals surface area contributed by atoms with Crippen LogP contribution in [0.4, 0.5) is 0 Å². The number of hydrogen-bond donors (Lipinski definition) is 2. The number of primary amides is 1. The third-order valence-corrected chi connectivity index (χ3v) is 1.48. The topological polar surface area (TPSA) is 63.3 Å². The van der Waals surface area contributed by atoms with Crippen molar-refractivity contribution in [2.45, 2.75) is 18.9 Å². The average Bonchev–Trinajstić information content (AvgIpc) is 1.79. The first kappa shape index (κ1) is 11.4. The molecule has 1 amide bonds. The van der Waals surface area contributed by atoms with Crippen LogP contribution in [0.25, 0.3) is 0 Å². The standard InChI is InChI=1S/C8H18N2O2/c1-10(2,3)6-7(11)4-5-8(9)12/h7,11H,4-6H2,1-3H3,(H-,9,12)/p+1/t7-/m1/s1. The number of carbonyl (C=O) groups excluding carboxylic acids is 1. The zero-order valence-corrected chi connectivity index (χ0v) is 8.08. The molecule has 0 aromatic heterocycles. The highest BCUT2D eigenvalue weighted by Crippen LogP contribution is 2.01. The number of aliphatic hydroxyl groups is 1. The Balaban J connectivity index is 3.60. The molecule has 0 rings (SSSR count). The highest BCUT2D eigenvalue weighted by atomic mass is 16.3. The van der Waals surface area contributed by atoms with Gasteiger partial charge in [0.1, 0.15) is 12.6 Å². The van der Waals surface area contributed by atoms with E-state index in [1.54, 1.807) is 0 Å². The van der Waals surface area contributed by atoms with Crippen LogP contribution >= 0.6 is 0 Å². The molecular formula is C8H19N2O2+. The van der Waals surface area contributed by atoms with E-state index in [2.05, 4.69) is 0 Å². The van der Waals surface area contributed by atoms with Crippen LogP contribution in [0.1, 0.15) is 12.8 Å². The van der Waals surface area contributed by atoms with Gasteiger partial charge in [0.25, 0.3) is 0 Å². The predicted octanol–water partition coefficient (Wildman–Crippen LogP) is -0.681. The van der Waals surface area contributed by atoms with E-state index in [-0.39, 0.29) is 12.3 Å². The molecule has 12 heavy (non-hydrogen) atoms. The van der Waals surface area contributed by atoms with Crippen LogP contribution in [0, 0.1) is 0 Å². The largest absolute Gasteiger partial charge is 0.387 e. The highest BCUT2D eigenvalue weighted by molar-refractivity contribution is 5.73. The molecule has 0 bridgehead atoms. The van der Waals surface area contributed by atoms with Gasteiger partial charge in [0.15, 0.2) is 0 Å². The fraction of sp³-hybridized carbons (Fsp3) is 0.875. The summed E-state index contributed by atoms with van der Waals surface area (Å²) in [5, 5.41) is 9.41. The van der Waals surface area contributed by atoms with E-state index >= 15 is 0 Å². The number of amides is 1. The SMILES string of the molecule is C[N+](C)(C)C[C@H](O)CCC(N)=O. The molecule has 0 aromatic rings. The van der Waals surface area contributed by atoms with Gasteiger partial charge in [-0.1, -0.05) is 0 Å². The molecule has 0 unspecified atom stereocenters. The number of carbonyl (C=O) groups is 1. The molecule has 0 radical (unpaired) electrons. The molecule has 0 saturated carbocycles. The van der Waals surface area contributed by atoms with Gasteiger partial charge in [-0.3, -0.25) is 4.79 Å². The minimum absolute atomic E-state index is 0.265. The van der Waals surface area contributed by atoms with Crippen molar-refractivity contribution in [3.63, 3.8) is 0 Å². The van der Waals surface area contributed by atoms with Crippen LogP contribution < -0.4 is 5.73 Å². The molecule has 0 aliphatic heterocycles. The van der Waals surface area contributed by atoms with E-state index < -0.39 is 6.10 Å². The molecule has 0 fully saturated rings. The number of hydrogen-bond acceptors (Lipinski definition) is 2. The third kappa shape index (κ3) is 7.50. The van der Waals surface area contributed by atoms with Gasteiger partial charge in [-0.05, 0) is 6.42 Å². The summed E-state index contributed by atoms with van der Waals surface area (Å²) in [4.78, 5) is 10.4. The third-order valence-electron chi connectivity index (χ3n) is 1.48. The predicted molar refractivity (Wildman–Crippen MR) is 47.3 cm³/mol. The maximum Gasteiger partial charge on any atom is 0.217 e. The molecule has 0 saturated heterocycles. The van der Waals surface area contributed by atoms with Crippen molar-refractivity contribution in [2.24, 2.45) is 5.73 Å². The molecule has 72 valence electrons. The highest BCUT2D eigenvalue weighted by Gasteiger charge is 2.15. The van der Waals surface area contributed by atoms with E-state index in [0.717, 1.165) is 0 Å². The zero-order valence-electron chi connectivity index (χ0n) is 8.08. The van der Waals surface area contributed by atoms with E-state index in [4.69, 9.17) is 5.73 Å². The van der Waals surface area contributed by atoms with Gasteiger partial charge in [0.05, 0.1) is 21.1 Å². The summed E-state index contributed by atoms with van der Waals surface area (Å²) in [6, 6.07) is 0. The van der Waals surface area contributed by atoms with Crippen LogP contribution in [-0.4, -0.2) is 49.3 Å². The normalized spacial score (nSPS) is 14.3. The first-order valence-electron chi connectivity index (χ1n) is 4.08. The Morgan fingerprint density at radius 1 is 1.50 bits per heavy atom. The van der Waals surface area contributed by atoms with Gasteiger partial charge in [0.2, 0.25) is 5.91 Å². The van der Waals surface area contributed by atoms with Crippen molar-refractivity contribution >= 4 is 5.91 Å². The molecule has 0 aliphatic rings. The van der Waals surface area contributed by atoms with Crippen molar-refractivity contribution < 1.29 is 14.4 Å². The minimum Gasteiger partial charge on any atom is -0.387 e. The van der Waals surface area contributed by atoms with E-state index in [1.807, 2.05) is 21.1 Å². The van der Waals surface area contributed by atoms with Crippen LogP contribution in [0.15, 0.2) is 0 Å². The van der Waals surface area contributed by atoms with Crippen molar-refractivity contribution in [3.05, 3.63) is 0 Å². The Morgan fingerprint density at radius 2 is 2.00 bits per heavy atom. The minimum atomic E-state index is -0.433. The number of nitrogens with two attached hydrogens (primary N) is 1. The van der Waals surface area contributed by atoms with Crippen LogP contribution in [0.5, 0.6) is 0 Å². The fourth-order valence-corrected chi connectivity index (χ4v) is 1.03. The number of aliphatic hydroxyl groups excluding tert-OH is 1. The van der Waals surface area contributed by atoms with Crippen molar-refractivity contribution in [1.29, 1.82) is 0 Å². The molecule has 4 nitrogen and oxygen atoms in total. The van der Waals surface area contributed by atoms with Gasteiger partial charge in [0, 0.05) is 6.42 Å². The van der Waals surface area contributed by atoms with Gasteiger partial charge in [-0.25, -0.2) is 0 Å². The summed E-state index contributed by atoms with van der Waals surface area (Å²) in [6.45, 7) is 0.646. The second-order valence-electron chi connectivity index (χ2n) is 4.13. The summed E-state index contributed by atoms with van der Waals surface area (Å²) in [5.41, 5.74) is 4.95. The van der Waals surface area contributed by atoms with Crippen LogP contribution in [0.2, 0.25) is 0 Å². The molecule has 0 spiro atoms. The average molecular weight is 175 g/mol. The first-order chi connectivity index (χ1) is 5.31. The molecular weight excluding hydrogens is 156 g/mol. The lowest BCUT2D eigenvalue weighted by molar-refractivity contribution is -0.873. The maximum atomic E-state index is 10.4. The smallest absolute Gasteiger partial charge is 0.217 e. The molecule has 3 N–H and O–H groups in total. The Bertz CT molecular complexity index is 152. The Morgan fingerprint density at radius 3 is 2.33 bits per heavy atom. The second-order valence-corrected chi connectivity index (χ2v) is 4.13. The van der Waals surface area contributed by atoms with Gasteiger partial charge < -0.3 is 15.3 Å². The van der Waals surface area contributed by atoms with Crippen LogP contribution in [-0.2, 0) is 4.79 Å². The van der Waals surface area contributed by atoms with Gasteiger partial charge in [-0.2, -0.15) is 0 Å². The summed E-state index contributed by atoms with van der Waals surface area (Å²) in [6.07, 6.45) is 0.295. The van der Waals surface area contributed by atoms with Gasteiger partial charge in [-0.15, -0.1) is 0 Å². The fourth-order valence-electron chi connectivity index (χ4n) is 1.03. The summed E-state index contributed by atoms with van der Waals surface area (Å²) < 4.78 is 0.694. The first-order valence-corrected chi connectivity index (χ1v) is 4.08. The lowest BCUT2D eigenvalue weighted by Gasteiger charge is -2.26. The number of nitrogens with zero attached hydrogens (tertiary/aromatic N) is 1. The lowest BCUT2D eigenvalue weighted by atomic mass is 10.2. The summed E-state index contributed by atoms with van der Waals surface area (Å²) in [7, 11) is 5.98. The summed E-state index contributed by atoms with van der Waals surface area (Å²) in [5.74, 6) is -0.351. The molecule has 0 aromatic carbocycles. The van der Waals surface area contributed by atoms with Gasteiger partial charge >= 0.3 is 0 Å². The monoisotopic (exact) mass is 175 g/mol. The zero-order chi connectivity index (χ0) is 9.78. The van der Waals surface area contributed by atoms with Crippen molar-refractivity contribution in [2.75, 3.05) is 27.7 Å². The lowest BCUT2D eigenvalue weighted by Crippen LogP contribution is -2.41. The summed E-state index contributed by atoms with van der Waals surface area (Å²) >= 11 is 0. The van der Waals surface area contributed by atoms with Crippen LogP contribution in [0.3, 0.4) is 0 Å². The second kappa shape index (κ2) is 4.42. The van der Waals surface area contributed by atoms with E-state index in [1.165, 1.54) is 0 Å². The maximum absolute atomic E-state index is 10.4. The molecule has 0 heterocycles. The molecule has 1 atom stereocenters. The number of likely N-dealkylation sites (N-methyl/N-ethyl adjacent to an activating group) is 1. The number of rotatable bonds is 5. The van der Waals surface area contributed by atoms with E-state index in [9.17, 15) is 9.90 Å². The molecule has 4 heteroatoms. The quantitative estimate of drug-likeness (QED) is 0.544. The van der Waals surface area contributed by atoms with Crippen molar-refractivity contribution in [1.82, 2.24) is 0 Å². The Kier molecular flexibility index (Phi) is 4.20. The van der Waals surface area contributed by atoms with E-state index in [0.29, 0.717) is 17.4 Å². The van der Waals surface area contributed by atoms with Crippen molar-refractivity contribution in [3.8, 4) is 0 Å².